The van der Waals surface area contributed by atoms with E-state index in [9.17, 15) is 0 Å². The van der Waals surface area contributed by atoms with Gasteiger partial charge in [0.1, 0.15) is 0 Å². The highest BCUT2D eigenvalue weighted by Crippen LogP contribution is 2.38. The first-order chi connectivity index (χ1) is 18.7. The van der Waals surface area contributed by atoms with Gasteiger partial charge in [0.2, 0.25) is 0 Å². The maximum Gasteiger partial charge on any atom is 0.178 e. The summed E-state index contributed by atoms with van der Waals surface area (Å²) in [5.41, 5.74) is 7.80. The van der Waals surface area contributed by atoms with E-state index in [2.05, 4.69) is 133 Å². The number of tetrazole rings is 1. The molecule has 4 aromatic carbocycles. The molecule has 6 aromatic rings. The predicted octanol–water partition coefficient (Wildman–Crippen LogP) is 8.11. The zero-order valence-electron chi connectivity index (χ0n) is 21.5. The Balaban J connectivity index is 1.50. The summed E-state index contributed by atoms with van der Waals surface area (Å²) in [4.78, 5) is 0. The highest BCUT2D eigenvalue weighted by molar-refractivity contribution is 9.10. The van der Waals surface area contributed by atoms with Gasteiger partial charge < -0.3 is 4.57 Å². The molecular weight excluding hydrogens is 534 g/mol. The molecule has 0 saturated heterocycles. The van der Waals surface area contributed by atoms with Gasteiger partial charge in [-0.3, -0.25) is 0 Å². The summed E-state index contributed by atoms with van der Waals surface area (Å²) in [6, 6.07) is 30.9. The Morgan fingerprint density at radius 1 is 0.868 bits per heavy atom. The molecular formula is C32H30BrN5. The van der Waals surface area contributed by atoms with Gasteiger partial charge in [0.25, 0.3) is 0 Å². The Bertz CT molecular complexity index is 1690. The molecule has 190 valence electrons. The fraction of sp³-hybridized carbons (Fsp3) is 0.219. The zero-order valence-corrected chi connectivity index (χ0v) is 23.1. The van der Waals surface area contributed by atoms with Gasteiger partial charge >= 0.3 is 0 Å². The average Bonchev–Trinajstić information content (AvgIpc) is 3.57. The van der Waals surface area contributed by atoms with Crippen molar-refractivity contribution in [1.29, 1.82) is 0 Å². The van der Waals surface area contributed by atoms with Crippen LogP contribution in [0.2, 0.25) is 0 Å². The van der Waals surface area contributed by atoms with Gasteiger partial charge in [-0.15, -0.1) is 10.2 Å². The first kappa shape index (κ1) is 24.6. The van der Waals surface area contributed by atoms with Gasteiger partial charge in [0, 0.05) is 28.3 Å². The average molecular weight is 565 g/mol. The second-order valence-electron chi connectivity index (χ2n) is 9.85. The molecule has 0 aliphatic heterocycles. The van der Waals surface area contributed by atoms with E-state index in [1.807, 2.05) is 0 Å². The van der Waals surface area contributed by atoms with Crippen molar-refractivity contribution in [3.63, 3.8) is 0 Å². The van der Waals surface area contributed by atoms with E-state index in [0.29, 0.717) is 12.2 Å². The van der Waals surface area contributed by atoms with Gasteiger partial charge in [-0.25, -0.2) is 0 Å². The van der Waals surface area contributed by atoms with Gasteiger partial charge in [-0.1, -0.05) is 97.8 Å². The van der Waals surface area contributed by atoms with Crippen molar-refractivity contribution < 1.29 is 0 Å². The maximum atomic E-state index is 4.12. The molecule has 1 N–H and O–H groups in total. The van der Waals surface area contributed by atoms with E-state index < -0.39 is 0 Å². The van der Waals surface area contributed by atoms with Crippen LogP contribution in [0, 0.1) is 0 Å². The summed E-state index contributed by atoms with van der Waals surface area (Å²) < 4.78 is 3.60. The zero-order chi connectivity index (χ0) is 25.9. The summed E-state index contributed by atoms with van der Waals surface area (Å²) in [5, 5.41) is 18.2. The lowest BCUT2D eigenvalue weighted by Crippen LogP contribution is -2.03. The highest BCUT2D eigenvalue weighted by atomic mass is 79.9. The number of fused-ring (bicyclic) bond motifs is 2. The number of hydrogen-bond donors (Lipinski definition) is 1. The van der Waals surface area contributed by atoms with Crippen molar-refractivity contribution >= 4 is 37.6 Å². The van der Waals surface area contributed by atoms with Gasteiger partial charge in [-0.2, -0.15) is 5.21 Å². The first-order valence-corrected chi connectivity index (χ1v) is 14.1. The number of H-pyrrole nitrogens is 1. The number of aromatic amines is 1. The number of aromatic nitrogens is 5. The number of nitrogens with one attached hydrogen (secondary N) is 1. The molecule has 0 atom stereocenters. The number of para-hydroxylation sites is 1. The van der Waals surface area contributed by atoms with Crippen LogP contribution in [0.15, 0.2) is 89.4 Å². The Morgan fingerprint density at radius 2 is 1.71 bits per heavy atom. The molecule has 38 heavy (non-hydrogen) atoms. The molecule has 0 bridgehead atoms. The van der Waals surface area contributed by atoms with Gasteiger partial charge in [0.05, 0.1) is 5.69 Å². The van der Waals surface area contributed by atoms with E-state index >= 15 is 0 Å². The number of rotatable bonds is 9. The monoisotopic (exact) mass is 563 g/mol. The van der Waals surface area contributed by atoms with Gasteiger partial charge in [0.15, 0.2) is 5.82 Å². The second-order valence-corrected chi connectivity index (χ2v) is 10.6. The fourth-order valence-electron chi connectivity index (χ4n) is 5.49. The lowest BCUT2D eigenvalue weighted by Gasteiger charge is -2.15. The minimum absolute atomic E-state index is 0.627. The molecule has 5 nitrogen and oxygen atoms in total. The smallest absolute Gasteiger partial charge is 0.178 e. The van der Waals surface area contributed by atoms with Crippen LogP contribution in [-0.2, 0) is 19.4 Å². The van der Waals surface area contributed by atoms with Crippen molar-refractivity contribution in [3.05, 3.63) is 112 Å². The summed E-state index contributed by atoms with van der Waals surface area (Å²) >= 11 is 3.86. The third kappa shape index (κ3) is 4.76. The van der Waals surface area contributed by atoms with Crippen LogP contribution in [0.4, 0.5) is 0 Å². The third-order valence-electron chi connectivity index (χ3n) is 7.33. The predicted molar refractivity (Wildman–Crippen MR) is 158 cm³/mol. The second kappa shape index (κ2) is 10.9. The third-order valence-corrected chi connectivity index (χ3v) is 8.27. The lowest BCUT2D eigenvalue weighted by molar-refractivity contribution is 0.717. The summed E-state index contributed by atoms with van der Waals surface area (Å²) in [6.07, 6.45) is 5.36. The Morgan fingerprint density at radius 3 is 2.53 bits per heavy atom. The van der Waals surface area contributed by atoms with E-state index in [1.165, 1.54) is 63.3 Å². The quantitative estimate of drug-likeness (QED) is 0.181. The van der Waals surface area contributed by atoms with Crippen LogP contribution in [0.25, 0.3) is 32.9 Å². The fourth-order valence-corrected chi connectivity index (χ4v) is 6.12. The molecule has 2 aromatic heterocycles. The molecule has 6 rings (SSSR count). The standard InChI is InChI=1S/C32H30BrN5/c1-2-3-5-13-28-27-12-8-9-14-29(27)38(21-22-10-6-4-7-11-22)32(28)25-17-18-26-23(19-25)15-16-24(31(26)33)20-30-34-36-37-35-30/h4,6-12,14-19H,2-3,5,13,20-21H2,1H3,(H,34,35,36,37). The number of hydrogen-bond acceptors (Lipinski definition) is 3. The molecule has 0 unspecified atom stereocenters. The van der Waals surface area contributed by atoms with Crippen molar-refractivity contribution in [2.24, 2.45) is 0 Å². The SMILES string of the molecule is CCCCCc1c(-c2ccc3c(Br)c(Cc4nn[nH]n4)ccc3c2)n(Cc2ccccc2)c2ccccc12. The number of benzene rings is 4. The van der Waals surface area contributed by atoms with Crippen LogP contribution in [0.1, 0.15) is 48.7 Å². The normalized spacial score (nSPS) is 11.5. The minimum Gasteiger partial charge on any atom is -0.336 e. The molecule has 0 fully saturated rings. The number of aryl methyl sites for hydroxylation is 1. The first-order valence-electron chi connectivity index (χ1n) is 13.3. The molecule has 0 saturated carbocycles. The van der Waals surface area contributed by atoms with Crippen LogP contribution in [0.5, 0.6) is 0 Å². The van der Waals surface area contributed by atoms with Gasteiger partial charge in [-0.05, 0) is 73.9 Å². The van der Waals surface area contributed by atoms with Crippen molar-refractivity contribution in [3.8, 4) is 11.3 Å². The number of unbranched alkanes of at least 4 members (excludes halogenated alkanes) is 2. The molecule has 0 aliphatic carbocycles. The van der Waals surface area contributed by atoms with Crippen LogP contribution >= 0.6 is 15.9 Å². The number of nitrogens with zero attached hydrogens (tertiary/aromatic N) is 4. The highest BCUT2D eigenvalue weighted by Gasteiger charge is 2.19. The largest absolute Gasteiger partial charge is 0.336 e. The maximum absolute atomic E-state index is 4.12. The Hall–Kier alpha value is -3.77. The summed E-state index contributed by atoms with van der Waals surface area (Å²) in [7, 11) is 0. The van der Waals surface area contributed by atoms with E-state index in [-0.39, 0.29) is 0 Å². The molecule has 0 aliphatic rings. The molecule has 6 heteroatoms. The van der Waals surface area contributed by atoms with Crippen molar-refractivity contribution in [2.45, 2.75) is 45.6 Å². The molecule has 0 amide bonds. The lowest BCUT2D eigenvalue weighted by atomic mass is 9.97. The minimum atomic E-state index is 0.627. The van der Waals surface area contributed by atoms with E-state index in [4.69, 9.17) is 0 Å². The molecule has 2 heterocycles. The van der Waals surface area contributed by atoms with Crippen LogP contribution in [0.3, 0.4) is 0 Å². The topological polar surface area (TPSA) is 59.4 Å². The van der Waals surface area contributed by atoms with E-state index in [1.54, 1.807) is 0 Å². The van der Waals surface area contributed by atoms with E-state index in [0.717, 1.165) is 23.0 Å². The van der Waals surface area contributed by atoms with Crippen molar-refractivity contribution in [1.82, 2.24) is 25.2 Å². The van der Waals surface area contributed by atoms with Crippen molar-refractivity contribution in [2.75, 3.05) is 0 Å². The number of halogens is 1. The Labute approximate surface area is 231 Å². The molecule has 0 radical (unpaired) electrons. The van der Waals surface area contributed by atoms with Crippen LogP contribution in [-0.4, -0.2) is 25.2 Å². The molecule has 0 spiro atoms. The summed E-state index contributed by atoms with van der Waals surface area (Å²) in [5.74, 6) is 0.684. The summed E-state index contributed by atoms with van der Waals surface area (Å²) in [6.45, 7) is 3.11. The Kier molecular flexibility index (Phi) is 7.06. The van der Waals surface area contributed by atoms with Crippen LogP contribution < -0.4 is 0 Å².